The van der Waals surface area contributed by atoms with Gasteiger partial charge in [0.2, 0.25) is 0 Å². The van der Waals surface area contributed by atoms with Crippen molar-refractivity contribution in [3.05, 3.63) is 221 Å². The molecule has 6 nitrogen and oxygen atoms in total. The molecule has 0 atom stereocenters. The quantitative estimate of drug-likeness (QED) is 0.0425. The zero-order valence-corrected chi connectivity index (χ0v) is 71.6. The molecule has 0 N–H and O–H groups in total. The van der Waals surface area contributed by atoms with E-state index in [1.807, 2.05) is 102 Å². The van der Waals surface area contributed by atoms with Crippen molar-refractivity contribution in [2.24, 2.45) is 28.1 Å². The van der Waals surface area contributed by atoms with Crippen molar-refractivity contribution in [2.45, 2.75) is 251 Å². The van der Waals surface area contributed by atoms with Crippen LogP contribution in [0.15, 0.2) is 164 Å². The van der Waals surface area contributed by atoms with Gasteiger partial charge in [0.25, 0.3) is 0 Å². The standard InChI is InChI=1S/C21H27N2.C20H27NO.C18H33P.C14H23NO.C8H8.C7H6.C5H12.2ClH.Ru/c1-14-9-16(3)20(17(4)10-14)22-7-8-23(13-22)21-18(5)11-15(2)12-19(21)6;1-16(2)14-21-13-12-20(3,4)18(15-21)19(22)11-10-17-8-6-5-7-9-17;1-4-10-16(11-5-1)19(17-12-6-2-7-13-17)18-14-8-3-9-15-18;1-6-13(16)12-10-15(9-11(2)3)8-7-14(12,4)5;1-2-8-6-4-3-5-7-8;1-7-5-3-2-4-6-7;1-5(2,3)4;;;/h9-13H,7-8H2,1-6H3;5-11,15-16H,12-14H2,1-4H3;16-18H,1-15H2;6,10-11H,1,7-9H2,2-5H3;2-7H,1H2;1-6H;1-4H3;2*1H;/q-1;;;;;;;;;+1/b;11-10+;;;;;;;;. The molecule has 0 aromatic heterocycles. The van der Waals surface area contributed by atoms with E-state index >= 15 is 0 Å². The summed E-state index contributed by atoms with van der Waals surface area (Å²) < 4.78 is 2.01. The molecule has 3 aliphatic heterocycles. The molecule has 1 saturated heterocycles. The molecule has 3 heterocycles. The number of rotatable bonds is 16. The molecule has 0 unspecified atom stereocenters. The first-order valence-corrected chi connectivity index (χ1v) is 41.3. The number of hydrogen-bond acceptors (Lipinski definition) is 6. The van der Waals surface area contributed by atoms with Crippen LogP contribution in [0.2, 0.25) is 0 Å². The number of halogens is 2. The third kappa shape index (κ3) is 32.9. The molecule has 569 valence electrons. The molecule has 3 aliphatic carbocycles. The van der Waals surface area contributed by atoms with Gasteiger partial charge in [0.05, 0.1) is 0 Å². The van der Waals surface area contributed by atoms with Gasteiger partial charge in [-0.15, -0.1) is 24.8 Å². The summed E-state index contributed by atoms with van der Waals surface area (Å²) in [4.78, 5) is 33.8. The van der Waals surface area contributed by atoms with Gasteiger partial charge in [-0.25, -0.2) is 0 Å². The van der Waals surface area contributed by atoms with Gasteiger partial charge < -0.3 is 19.6 Å². The Morgan fingerprint density at radius 2 is 0.835 bits per heavy atom. The molecule has 4 fully saturated rings. The normalized spacial score (nSPS) is 17.4. The molecular weight excluding hydrogens is 1410 g/mol. The molecule has 3 saturated carbocycles. The van der Waals surface area contributed by atoms with E-state index in [2.05, 4.69) is 225 Å². The summed E-state index contributed by atoms with van der Waals surface area (Å²) in [6.07, 6.45) is 36.7. The Bertz CT molecular complexity index is 3200. The maximum atomic E-state index is 12.6. The van der Waals surface area contributed by atoms with Gasteiger partial charge in [-0.3, -0.25) is 9.59 Å². The summed E-state index contributed by atoms with van der Waals surface area (Å²) in [5, 5.41) is 0. The summed E-state index contributed by atoms with van der Waals surface area (Å²) in [7, 11) is 0.385. The number of anilines is 2. The molecular formula is C93H138Cl2N4O2PRu. The van der Waals surface area contributed by atoms with Crippen molar-refractivity contribution in [1.29, 1.82) is 0 Å². The average molecular weight is 1550 g/mol. The Kier molecular flexibility index (Phi) is 41.8. The second-order valence-corrected chi connectivity index (χ2v) is 36.8. The molecule has 6 aliphatic rings. The fourth-order valence-corrected chi connectivity index (χ4v) is 20.2. The van der Waals surface area contributed by atoms with Crippen LogP contribution in [0.25, 0.3) is 12.2 Å². The third-order valence-corrected chi connectivity index (χ3v) is 24.6. The Balaban J connectivity index is 0.000000325. The van der Waals surface area contributed by atoms with Gasteiger partial charge in [-0.05, 0) is 183 Å². The fraction of sp³-hybridized carbons (Fsp3) is 0.527. The first-order valence-electron chi connectivity index (χ1n) is 38.8. The zero-order chi connectivity index (χ0) is 74.3. The molecule has 5 aromatic rings. The van der Waals surface area contributed by atoms with Crippen LogP contribution in [0.4, 0.5) is 11.4 Å². The molecule has 10 heteroatoms. The van der Waals surface area contributed by atoms with E-state index < -0.39 is 0 Å². The summed E-state index contributed by atoms with van der Waals surface area (Å²) in [5.74, 6) is 1.42. The number of carbonyl (C=O) groups excluding carboxylic acids is 2. The van der Waals surface area contributed by atoms with Crippen molar-refractivity contribution in [3.8, 4) is 0 Å². The van der Waals surface area contributed by atoms with E-state index in [1.165, 1.54) is 98.2 Å². The molecule has 103 heavy (non-hydrogen) atoms. The summed E-state index contributed by atoms with van der Waals surface area (Å²) >= 11 is 2.48. The van der Waals surface area contributed by atoms with Crippen LogP contribution >= 0.6 is 32.7 Å². The van der Waals surface area contributed by atoms with Crippen molar-refractivity contribution in [1.82, 2.24) is 9.80 Å². The van der Waals surface area contributed by atoms with Gasteiger partial charge in [-0.2, -0.15) is 6.67 Å². The topological polar surface area (TPSA) is 47.1 Å². The second kappa shape index (κ2) is 46.8. The van der Waals surface area contributed by atoms with Crippen molar-refractivity contribution < 1.29 is 27.4 Å². The molecule has 0 radical (unpaired) electrons. The number of hydrogen-bond donors (Lipinski definition) is 0. The van der Waals surface area contributed by atoms with Gasteiger partial charge in [0.15, 0.2) is 11.6 Å². The van der Waals surface area contributed by atoms with Crippen molar-refractivity contribution in [2.75, 3.05) is 49.1 Å². The van der Waals surface area contributed by atoms with E-state index in [-0.39, 0.29) is 47.2 Å². The summed E-state index contributed by atoms with van der Waals surface area (Å²) in [5.41, 5.74) is 20.1. The van der Waals surface area contributed by atoms with Crippen LogP contribution in [-0.2, 0) is 27.4 Å². The molecule has 5 aromatic carbocycles. The van der Waals surface area contributed by atoms with Crippen LogP contribution in [-0.4, -0.2) is 82.2 Å². The van der Waals surface area contributed by atoms with Crippen LogP contribution in [0, 0.1) is 76.3 Å². The second-order valence-electron chi connectivity index (χ2n) is 33.3. The summed E-state index contributed by atoms with van der Waals surface area (Å²) in [6, 6.07) is 39.3. The van der Waals surface area contributed by atoms with Crippen molar-refractivity contribution >= 4 is 72.4 Å². The predicted octanol–water partition coefficient (Wildman–Crippen LogP) is 25.6. The third-order valence-electron chi connectivity index (χ3n) is 19.9. The van der Waals surface area contributed by atoms with Crippen LogP contribution in [0.3, 0.4) is 0 Å². The predicted molar refractivity (Wildman–Crippen MR) is 457 cm³/mol. The van der Waals surface area contributed by atoms with Crippen LogP contribution < -0.4 is 9.80 Å². The summed E-state index contributed by atoms with van der Waals surface area (Å²) in [6.45, 7) is 55.0. The van der Waals surface area contributed by atoms with Gasteiger partial charge in [-0.1, -0.05) is 270 Å². The van der Waals surface area contributed by atoms with Crippen LogP contribution in [0.1, 0.15) is 242 Å². The number of ketones is 2. The SMILES string of the molecule is C1CCC(P(C2CCCCC2)C2CCCCC2)CC1.C=CC(=O)C1=CN(CC(C)C)CCC1(C)C.C=Cc1ccccc1.CC(C)(C)C.CC(C)CN1C=C(C(=O)/C=C/c2ccccc2)C(C)(C)CC1.Cc1cc(C)c(N2[CH-]N(c3c(C)cc(C)cc3C)CC2)c(C)c1.Cl.Cl.[Ru+]=[CH]c1ccccc1. The Morgan fingerprint density at radius 3 is 1.13 bits per heavy atom. The van der Waals surface area contributed by atoms with E-state index in [1.54, 1.807) is 83.1 Å². The number of benzene rings is 5. The van der Waals surface area contributed by atoms with Gasteiger partial charge >= 0.3 is 58.4 Å². The van der Waals surface area contributed by atoms with E-state index in [9.17, 15) is 9.59 Å². The molecule has 0 spiro atoms. The number of carbonyl (C=O) groups is 2. The molecule has 11 rings (SSSR count). The Hall–Kier alpha value is -5.16. The van der Waals surface area contributed by atoms with E-state index in [0.29, 0.717) is 25.2 Å². The minimum absolute atomic E-state index is 0. The Labute approximate surface area is 653 Å². The average Bonchev–Trinajstić information content (AvgIpc) is 1.74. The molecule has 0 amide bonds. The van der Waals surface area contributed by atoms with E-state index in [4.69, 9.17) is 0 Å². The maximum absolute atomic E-state index is 12.6. The number of aryl methyl sites for hydroxylation is 6. The first kappa shape index (κ1) is 92.1. The number of nitrogens with zero attached hydrogens (tertiary/aromatic N) is 4. The monoisotopic (exact) mass is 1550 g/mol. The number of allylic oxidation sites excluding steroid dienone is 4. The first-order chi connectivity index (χ1) is 47.9. The van der Waals surface area contributed by atoms with E-state index in [0.717, 1.165) is 68.8 Å². The molecule has 0 bridgehead atoms. The zero-order valence-electron chi connectivity index (χ0n) is 67.4. The van der Waals surface area contributed by atoms with Gasteiger partial charge in [0, 0.05) is 74.2 Å². The Morgan fingerprint density at radius 1 is 0.515 bits per heavy atom. The fourth-order valence-electron chi connectivity index (χ4n) is 15.1. The van der Waals surface area contributed by atoms with Crippen molar-refractivity contribution in [3.63, 3.8) is 0 Å². The van der Waals surface area contributed by atoms with Crippen LogP contribution in [0.5, 0.6) is 0 Å². The minimum atomic E-state index is -0.0500. The van der Waals surface area contributed by atoms with Gasteiger partial charge in [0.1, 0.15) is 0 Å².